The number of hydrogen-bond acceptors (Lipinski definition) is 2. The molecule has 0 aromatic rings. The van der Waals surface area contributed by atoms with Crippen LogP contribution in [0.3, 0.4) is 0 Å². The molecular formula is C44H92N2O2+2. The highest BCUT2D eigenvalue weighted by Crippen LogP contribution is 2.23. The molecule has 0 aliphatic carbocycles. The number of rotatable bonds is 38. The van der Waals surface area contributed by atoms with Crippen LogP contribution in [0.2, 0.25) is 0 Å². The van der Waals surface area contributed by atoms with Gasteiger partial charge >= 0.3 is 0 Å². The molecule has 1 aliphatic heterocycles. The summed E-state index contributed by atoms with van der Waals surface area (Å²) in [4.78, 5) is 0. The van der Waals surface area contributed by atoms with Crippen molar-refractivity contribution in [1.82, 2.24) is 0 Å². The molecule has 1 fully saturated rings. The van der Waals surface area contributed by atoms with Crippen LogP contribution in [-0.2, 0) is 0 Å². The second kappa shape index (κ2) is 34.0. The maximum atomic E-state index is 9.95. The van der Waals surface area contributed by atoms with Crippen molar-refractivity contribution in [2.24, 2.45) is 0 Å². The molecule has 1 rings (SSSR count). The maximum Gasteiger partial charge on any atom is 0.129 e. The van der Waals surface area contributed by atoms with Gasteiger partial charge in [0.25, 0.3) is 0 Å². The van der Waals surface area contributed by atoms with Crippen LogP contribution in [0.15, 0.2) is 0 Å². The largest absolute Gasteiger partial charge is 0.391 e. The summed E-state index contributed by atoms with van der Waals surface area (Å²) >= 11 is 0. The fraction of sp³-hybridized carbons (Fsp3) is 1.00. The van der Waals surface area contributed by atoms with Crippen LogP contribution >= 0.6 is 0 Å². The first-order chi connectivity index (χ1) is 23.7. The summed E-state index contributed by atoms with van der Waals surface area (Å²) in [5.41, 5.74) is 0. The van der Waals surface area contributed by atoms with Gasteiger partial charge in [-0.15, -0.1) is 0 Å². The summed E-state index contributed by atoms with van der Waals surface area (Å²) in [7, 11) is 0. The third-order valence-electron chi connectivity index (χ3n) is 12.2. The number of nitrogens with zero attached hydrogens (tertiary/aromatic N) is 2. The van der Waals surface area contributed by atoms with E-state index in [0.29, 0.717) is 13.2 Å². The third kappa shape index (κ3) is 25.7. The van der Waals surface area contributed by atoms with E-state index < -0.39 is 0 Å². The molecule has 1 aliphatic rings. The first-order valence-corrected chi connectivity index (χ1v) is 22.6. The summed E-state index contributed by atoms with van der Waals surface area (Å²) < 4.78 is 2.25. The standard InChI is InChI=1S/C44H92N2O2/c1-3-5-7-9-11-13-15-17-19-21-23-25-27-29-31-33-35-45(41-43-47)37-39-46(40-38-45,42-44-48)36-34-32-30-28-26-24-22-20-18-16-14-12-10-8-6-4-2/h47-48H,3-44H2,1-2H3/q+2. The molecule has 0 spiro atoms. The van der Waals surface area contributed by atoms with Crippen molar-refractivity contribution >= 4 is 0 Å². The molecule has 0 bridgehead atoms. The second-order valence-electron chi connectivity index (χ2n) is 16.5. The highest BCUT2D eigenvalue weighted by molar-refractivity contribution is 4.59. The van der Waals surface area contributed by atoms with Crippen LogP contribution in [0, 0.1) is 0 Å². The fourth-order valence-electron chi connectivity index (χ4n) is 8.61. The quantitative estimate of drug-likeness (QED) is 0.0503. The van der Waals surface area contributed by atoms with Gasteiger partial charge in [0.2, 0.25) is 0 Å². The SMILES string of the molecule is CCCCCCCCCCCCCCCCCC[N+]1(CCO)CC[N+](CCO)(CCCCCCCCCCCCCCCCCC)CC1. The molecule has 0 saturated carbocycles. The smallest absolute Gasteiger partial charge is 0.129 e. The van der Waals surface area contributed by atoms with E-state index >= 15 is 0 Å². The van der Waals surface area contributed by atoms with Gasteiger partial charge in [0.05, 0.1) is 26.3 Å². The lowest BCUT2D eigenvalue weighted by molar-refractivity contribution is -1.03. The van der Waals surface area contributed by atoms with E-state index in [2.05, 4.69) is 13.8 Å². The molecule has 288 valence electrons. The van der Waals surface area contributed by atoms with Crippen molar-refractivity contribution in [3.05, 3.63) is 0 Å². The van der Waals surface area contributed by atoms with Crippen molar-refractivity contribution in [1.29, 1.82) is 0 Å². The molecule has 0 atom stereocenters. The Bertz CT molecular complexity index is 579. The summed E-state index contributed by atoms with van der Waals surface area (Å²) in [5, 5.41) is 19.9. The molecule has 0 amide bonds. The van der Waals surface area contributed by atoms with Gasteiger partial charge < -0.3 is 19.2 Å². The van der Waals surface area contributed by atoms with E-state index in [1.807, 2.05) is 0 Å². The molecule has 0 radical (unpaired) electrons. The Morgan fingerprint density at radius 1 is 0.271 bits per heavy atom. The summed E-state index contributed by atoms with van der Waals surface area (Å²) in [5.74, 6) is 0. The average Bonchev–Trinajstić information content (AvgIpc) is 3.09. The molecule has 48 heavy (non-hydrogen) atoms. The van der Waals surface area contributed by atoms with E-state index in [0.717, 1.165) is 22.1 Å². The number of aliphatic hydroxyl groups excluding tert-OH is 2. The van der Waals surface area contributed by atoms with E-state index in [-0.39, 0.29) is 0 Å². The predicted molar refractivity (Wildman–Crippen MR) is 213 cm³/mol. The van der Waals surface area contributed by atoms with Crippen molar-refractivity contribution in [3.63, 3.8) is 0 Å². The van der Waals surface area contributed by atoms with Crippen LogP contribution in [0.1, 0.15) is 219 Å². The normalized spacial score (nSPS) is 19.8. The van der Waals surface area contributed by atoms with E-state index in [1.54, 1.807) is 0 Å². The fourth-order valence-corrected chi connectivity index (χ4v) is 8.61. The number of quaternary nitrogens is 2. The summed E-state index contributed by atoms with van der Waals surface area (Å²) in [6.45, 7) is 14.4. The Labute approximate surface area is 303 Å². The van der Waals surface area contributed by atoms with Gasteiger partial charge in [0.1, 0.15) is 39.3 Å². The Morgan fingerprint density at radius 3 is 0.646 bits per heavy atom. The average molecular weight is 681 g/mol. The van der Waals surface area contributed by atoms with Crippen molar-refractivity contribution < 1.29 is 19.2 Å². The molecule has 0 aromatic heterocycles. The number of hydrogen-bond donors (Lipinski definition) is 2. The lowest BCUT2D eigenvalue weighted by Crippen LogP contribution is -2.68. The van der Waals surface area contributed by atoms with Crippen LogP contribution in [0.25, 0.3) is 0 Å². The van der Waals surface area contributed by atoms with Gasteiger partial charge in [-0.1, -0.05) is 194 Å². The first kappa shape index (κ1) is 45.9. The van der Waals surface area contributed by atoms with Gasteiger partial charge in [-0.25, -0.2) is 0 Å². The number of aliphatic hydroxyl groups is 2. The van der Waals surface area contributed by atoms with Crippen LogP contribution in [0.4, 0.5) is 0 Å². The van der Waals surface area contributed by atoms with Gasteiger partial charge in [-0.05, 0) is 25.7 Å². The van der Waals surface area contributed by atoms with E-state index in [1.165, 1.54) is 245 Å². The number of unbranched alkanes of at least 4 members (excludes halogenated alkanes) is 30. The van der Waals surface area contributed by atoms with Gasteiger partial charge in [0.15, 0.2) is 0 Å². The molecule has 4 heteroatoms. The third-order valence-corrected chi connectivity index (χ3v) is 12.2. The molecule has 1 heterocycles. The number of piperazine rings is 1. The molecular weight excluding hydrogens is 588 g/mol. The van der Waals surface area contributed by atoms with Gasteiger partial charge in [-0.3, -0.25) is 0 Å². The minimum Gasteiger partial charge on any atom is -0.391 e. The minimum atomic E-state index is 0.317. The molecule has 4 nitrogen and oxygen atoms in total. The predicted octanol–water partition coefficient (Wildman–Crippen LogP) is 12.1. The first-order valence-electron chi connectivity index (χ1n) is 22.6. The lowest BCUT2D eigenvalue weighted by Gasteiger charge is -2.50. The maximum absolute atomic E-state index is 9.95. The highest BCUT2D eigenvalue weighted by atomic mass is 16.3. The Morgan fingerprint density at radius 2 is 0.458 bits per heavy atom. The lowest BCUT2D eigenvalue weighted by atomic mass is 10.0. The van der Waals surface area contributed by atoms with E-state index in [9.17, 15) is 10.2 Å². The van der Waals surface area contributed by atoms with E-state index in [4.69, 9.17) is 0 Å². The van der Waals surface area contributed by atoms with Crippen LogP contribution in [-0.4, -0.2) is 84.8 Å². The molecule has 0 aromatic carbocycles. The Hall–Kier alpha value is -0.160. The van der Waals surface area contributed by atoms with Gasteiger partial charge in [0, 0.05) is 0 Å². The Balaban J connectivity index is 2.08. The zero-order valence-electron chi connectivity index (χ0n) is 33.5. The monoisotopic (exact) mass is 681 g/mol. The highest BCUT2D eigenvalue weighted by Gasteiger charge is 2.41. The van der Waals surface area contributed by atoms with Crippen molar-refractivity contribution in [3.8, 4) is 0 Å². The van der Waals surface area contributed by atoms with Crippen molar-refractivity contribution in [2.75, 3.05) is 65.6 Å². The Kier molecular flexibility index (Phi) is 32.4. The zero-order valence-corrected chi connectivity index (χ0v) is 33.5. The van der Waals surface area contributed by atoms with Crippen LogP contribution in [0.5, 0.6) is 0 Å². The summed E-state index contributed by atoms with van der Waals surface area (Å²) in [6.07, 6.45) is 45.5. The topological polar surface area (TPSA) is 40.5 Å². The molecule has 2 N–H and O–H groups in total. The van der Waals surface area contributed by atoms with Gasteiger partial charge in [-0.2, -0.15) is 0 Å². The summed E-state index contributed by atoms with van der Waals surface area (Å²) in [6, 6.07) is 0. The molecule has 0 unspecified atom stereocenters. The molecule has 1 saturated heterocycles. The zero-order chi connectivity index (χ0) is 34.7. The second-order valence-corrected chi connectivity index (χ2v) is 16.5. The van der Waals surface area contributed by atoms with Crippen molar-refractivity contribution in [2.45, 2.75) is 219 Å². The van der Waals surface area contributed by atoms with Crippen LogP contribution < -0.4 is 0 Å². The minimum absolute atomic E-state index is 0.317.